The maximum Gasteiger partial charge on any atom is 0.253 e. The summed E-state index contributed by atoms with van der Waals surface area (Å²) in [6.45, 7) is 5.49. The summed E-state index contributed by atoms with van der Waals surface area (Å²) in [5.74, 6) is -1.03. The number of anilines is 2. The van der Waals surface area contributed by atoms with E-state index in [2.05, 4.69) is 32.5 Å². The Kier molecular flexibility index (Phi) is 6.63. The number of benzene rings is 2. The molecule has 204 valence electrons. The molecule has 1 unspecified atom stereocenters. The van der Waals surface area contributed by atoms with E-state index < -0.39 is 11.6 Å². The molecule has 11 heteroatoms. The van der Waals surface area contributed by atoms with Crippen molar-refractivity contribution >= 4 is 34.6 Å². The fourth-order valence-electron chi connectivity index (χ4n) is 5.03. The largest absolute Gasteiger partial charge is 0.337 e. The molecule has 2 aliphatic heterocycles. The van der Waals surface area contributed by atoms with Gasteiger partial charge in [0.1, 0.15) is 23.0 Å². The Labute approximate surface area is 234 Å². The predicted octanol–water partition coefficient (Wildman–Crippen LogP) is 5.11. The number of thiazole rings is 1. The number of likely N-dealkylation sites (N-methyl/N-ethyl adjacent to an activating group) is 1. The first-order chi connectivity index (χ1) is 19.2. The number of carbonyl (C=O) groups is 1. The van der Waals surface area contributed by atoms with Crippen LogP contribution in [-0.4, -0.2) is 57.1 Å². The molecule has 1 amide bonds. The molecular weight excluding hydrogens is 532 g/mol. The number of likely N-dealkylation sites (tertiary alicyclic amines) is 1. The van der Waals surface area contributed by atoms with Crippen LogP contribution in [0.25, 0.3) is 11.4 Å². The summed E-state index contributed by atoms with van der Waals surface area (Å²) in [6, 6.07) is 11.0. The van der Waals surface area contributed by atoms with Gasteiger partial charge >= 0.3 is 0 Å². The number of aromatic nitrogens is 3. The molecule has 1 atom stereocenters. The van der Waals surface area contributed by atoms with E-state index in [9.17, 15) is 13.6 Å². The van der Waals surface area contributed by atoms with Gasteiger partial charge in [-0.1, -0.05) is 6.07 Å². The van der Waals surface area contributed by atoms with Gasteiger partial charge in [-0.15, -0.1) is 11.3 Å². The summed E-state index contributed by atoms with van der Waals surface area (Å²) >= 11 is 1.32. The molecule has 0 aliphatic carbocycles. The zero-order chi connectivity index (χ0) is 28.0. The molecule has 0 spiro atoms. The molecule has 40 heavy (non-hydrogen) atoms. The Hall–Kier alpha value is -4.09. The molecule has 2 N–H and O–H groups in total. The lowest BCUT2D eigenvalue weighted by molar-refractivity contribution is 0.0782. The van der Waals surface area contributed by atoms with E-state index in [-0.39, 0.29) is 29.3 Å². The van der Waals surface area contributed by atoms with Gasteiger partial charge < -0.3 is 15.5 Å². The lowest BCUT2D eigenvalue weighted by Gasteiger charge is -2.24. The molecule has 8 nitrogen and oxygen atoms in total. The maximum atomic E-state index is 14.7. The lowest BCUT2D eigenvalue weighted by Crippen LogP contribution is -2.43. The van der Waals surface area contributed by atoms with Gasteiger partial charge in [-0.3, -0.25) is 9.79 Å². The van der Waals surface area contributed by atoms with Crippen molar-refractivity contribution in [3.8, 4) is 11.4 Å². The Morgan fingerprint density at radius 1 is 1.07 bits per heavy atom. The molecule has 1 fully saturated rings. The van der Waals surface area contributed by atoms with Crippen LogP contribution in [0, 0.1) is 18.6 Å². The summed E-state index contributed by atoms with van der Waals surface area (Å²) in [5, 5.41) is 7.22. The van der Waals surface area contributed by atoms with Gasteiger partial charge in [-0.05, 0) is 63.7 Å². The van der Waals surface area contributed by atoms with Crippen molar-refractivity contribution in [2.75, 3.05) is 25.5 Å². The van der Waals surface area contributed by atoms with E-state index in [4.69, 9.17) is 4.98 Å². The molecule has 0 bridgehead atoms. The second-order valence-electron chi connectivity index (χ2n) is 10.2. The number of carbonyl (C=O) groups excluding carboxylic acids is 1. The Morgan fingerprint density at radius 2 is 1.82 bits per heavy atom. The van der Waals surface area contributed by atoms with Crippen LogP contribution in [0.3, 0.4) is 0 Å². The number of hydrogen-bond donors (Lipinski definition) is 2. The van der Waals surface area contributed by atoms with Crippen LogP contribution in [0.5, 0.6) is 0 Å². The average molecular weight is 560 g/mol. The molecule has 6 rings (SSSR count). The number of nitrogens with zero attached hydrogens (tertiary/aromatic N) is 5. The molecule has 2 aromatic carbocycles. The number of amides is 1. The van der Waals surface area contributed by atoms with Gasteiger partial charge in [0, 0.05) is 41.6 Å². The zero-order valence-corrected chi connectivity index (χ0v) is 23.1. The van der Waals surface area contributed by atoms with E-state index in [0.717, 1.165) is 11.4 Å². The topological polar surface area (TPSA) is 95.4 Å². The third kappa shape index (κ3) is 4.75. The quantitative estimate of drug-likeness (QED) is 0.353. The third-order valence-electron chi connectivity index (χ3n) is 7.40. The Morgan fingerprint density at radius 3 is 2.52 bits per heavy atom. The minimum absolute atomic E-state index is 0.000306. The number of halogens is 2. The first-order valence-corrected chi connectivity index (χ1v) is 13.7. The van der Waals surface area contributed by atoms with Crippen LogP contribution in [0.2, 0.25) is 0 Å². The highest BCUT2D eigenvalue weighted by Gasteiger charge is 2.35. The standard InChI is InChI=1S/C29H27F2N7OS/c1-16-35-25-23-18(13-33-24(26(25)40-16)22-20(30)5-4-6-21(22)31)14-34-28(37-23)36-19-9-7-17(8-10-19)27(39)38-12-11-29(2,15-38)32-3/h4-10,14,32H,11-13,15H2,1-3H3,(H,34,36,37). The first kappa shape index (κ1) is 26.1. The Balaban J connectivity index is 1.26. The van der Waals surface area contributed by atoms with Crippen molar-refractivity contribution < 1.29 is 13.6 Å². The van der Waals surface area contributed by atoms with Gasteiger partial charge in [0.05, 0.1) is 27.7 Å². The van der Waals surface area contributed by atoms with Gasteiger partial charge in [0.25, 0.3) is 5.91 Å². The molecule has 0 saturated carbocycles. The van der Waals surface area contributed by atoms with Crippen molar-refractivity contribution in [2.45, 2.75) is 32.4 Å². The van der Waals surface area contributed by atoms with E-state index in [1.165, 1.54) is 29.5 Å². The summed E-state index contributed by atoms with van der Waals surface area (Å²) in [7, 11) is 1.92. The third-order valence-corrected chi connectivity index (χ3v) is 8.37. The highest BCUT2D eigenvalue weighted by molar-refractivity contribution is 7.14. The second kappa shape index (κ2) is 10.1. The molecule has 2 aromatic heterocycles. The summed E-state index contributed by atoms with van der Waals surface area (Å²) in [4.78, 5) is 33.8. The number of rotatable bonds is 5. The molecule has 0 radical (unpaired) electrons. The van der Waals surface area contributed by atoms with E-state index in [1.807, 2.05) is 31.0 Å². The van der Waals surface area contributed by atoms with Crippen LogP contribution in [-0.2, 0) is 6.54 Å². The van der Waals surface area contributed by atoms with Crippen molar-refractivity contribution in [1.29, 1.82) is 0 Å². The van der Waals surface area contributed by atoms with E-state index >= 15 is 0 Å². The number of hydrogen-bond acceptors (Lipinski definition) is 8. The van der Waals surface area contributed by atoms with Crippen molar-refractivity contribution in [3.05, 3.63) is 86.9 Å². The molecule has 1 saturated heterocycles. The van der Waals surface area contributed by atoms with Crippen LogP contribution in [0.4, 0.5) is 20.4 Å². The fraction of sp³-hybridized carbons (Fsp3) is 0.276. The van der Waals surface area contributed by atoms with E-state index in [0.29, 0.717) is 52.1 Å². The SMILES string of the molecule is CNC1(C)CCN(C(=O)c2ccc(Nc3ncc4c(n3)-c3nc(C)sc3C(c3c(F)cccc3F)=NC4)cc2)C1. The summed E-state index contributed by atoms with van der Waals surface area (Å²) < 4.78 is 29.4. The molecule has 4 aromatic rings. The molecule has 2 aliphatic rings. The lowest BCUT2D eigenvalue weighted by atomic mass is 10.0. The van der Waals surface area contributed by atoms with Crippen LogP contribution < -0.4 is 10.6 Å². The highest BCUT2D eigenvalue weighted by atomic mass is 32.1. The van der Waals surface area contributed by atoms with Crippen LogP contribution in [0.15, 0.2) is 53.7 Å². The average Bonchev–Trinajstić information content (AvgIpc) is 3.50. The highest BCUT2D eigenvalue weighted by Crippen LogP contribution is 2.36. The van der Waals surface area contributed by atoms with Gasteiger partial charge in [0.15, 0.2) is 0 Å². The van der Waals surface area contributed by atoms with Crippen LogP contribution >= 0.6 is 11.3 Å². The van der Waals surface area contributed by atoms with Gasteiger partial charge in [-0.25, -0.2) is 23.7 Å². The Bertz CT molecular complexity index is 1630. The first-order valence-electron chi connectivity index (χ1n) is 12.9. The molecular formula is C29H27F2N7OS. The second-order valence-corrected chi connectivity index (χ2v) is 11.4. The fourth-order valence-corrected chi connectivity index (χ4v) is 5.97. The monoisotopic (exact) mass is 559 g/mol. The number of nitrogens with one attached hydrogen (secondary N) is 2. The van der Waals surface area contributed by atoms with E-state index in [1.54, 1.807) is 18.3 Å². The minimum atomic E-state index is -0.683. The van der Waals surface area contributed by atoms with Crippen LogP contribution in [0.1, 0.15) is 44.7 Å². The zero-order valence-electron chi connectivity index (χ0n) is 22.3. The van der Waals surface area contributed by atoms with Crippen molar-refractivity contribution in [1.82, 2.24) is 25.2 Å². The van der Waals surface area contributed by atoms with Gasteiger partial charge in [-0.2, -0.15) is 0 Å². The van der Waals surface area contributed by atoms with Gasteiger partial charge in [0.2, 0.25) is 5.95 Å². The number of fused-ring (bicyclic) bond motifs is 3. The minimum Gasteiger partial charge on any atom is -0.337 e. The normalized spacial score (nSPS) is 18.1. The van der Waals surface area contributed by atoms with Crippen molar-refractivity contribution in [2.24, 2.45) is 4.99 Å². The molecule has 4 heterocycles. The predicted molar refractivity (Wildman–Crippen MR) is 151 cm³/mol. The maximum absolute atomic E-state index is 14.7. The summed E-state index contributed by atoms with van der Waals surface area (Å²) in [5.41, 5.74) is 3.08. The van der Waals surface area contributed by atoms with Crippen molar-refractivity contribution in [3.63, 3.8) is 0 Å². The summed E-state index contributed by atoms with van der Waals surface area (Å²) in [6.07, 6.45) is 2.56. The number of aliphatic imine (C=N–C) groups is 1. The smallest absolute Gasteiger partial charge is 0.253 e. The number of aryl methyl sites for hydroxylation is 1.